The predicted molar refractivity (Wildman–Crippen MR) is 104 cm³/mol. The molecule has 0 radical (unpaired) electrons. The van der Waals surface area contributed by atoms with Crippen LogP contribution in [0.3, 0.4) is 0 Å². The molecule has 1 atom stereocenters. The maximum Gasteiger partial charge on any atom is 0.333 e. The average molecular weight is 399 g/mol. The van der Waals surface area contributed by atoms with E-state index in [-0.39, 0.29) is 16.9 Å². The number of allylic oxidation sites excluding steroid dienone is 2. The number of hydrogen-bond donors (Lipinski definition) is 2. The highest BCUT2D eigenvalue weighted by atomic mass is 32.2. The van der Waals surface area contributed by atoms with Crippen molar-refractivity contribution in [2.24, 2.45) is 5.14 Å². The molecule has 0 bridgehead atoms. The molecule has 0 fully saturated rings. The first-order chi connectivity index (χ1) is 13.3. The number of methoxy groups -OCH3 is 1. The van der Waals surface area contributed by atoms with Gasteiger partial charge < -0.3 is 9.84 Å². The summed E-state index contributed by atoms with van der Waals surface area (Å²) in [6.45, 7) is 0. The minimum absolute atomic E-state index is 0.0814. The molecule has 1 aliphatic carbocycles. The molecule has 144 valence electrons. The van der Waals surface area contributed by atoms with Gasteiger partial charge in [0.05, 0.1) is 35.3 Å². The molecule has 9 heteroatoms. The van der Waals surface area contributed by atoms with Crippen LogP contribution in [0.25, 0.3) is 21.7 Å². The van der Waals surface area contributed by atoms with Crippen LogP contribution in [0.1, 0.15) is 12.5 Å². The van der Waals surface area contributed by atoms with Gasteiger partial charge >= 0.3 is 5.97 Å². The fourth-order valence-electron chi connectivity index (χ4n) is 3.51. The molecule has 0 spiro atoms. The molecule has 0 aliphatic heterocycles. The number of fused-ring (bicyclic) bond motifs is 3. The van der Waals surface area contributed by atoms with Crippen molar-refractivity contribution >= 4 is 37.7 Å². The number of nitrogens with two attached hydrogens (primary N) is 1. The first kappa shape index (κ1) is 18.2. The van der Waals surface area contributed by atoms with Gasteiger partial charge in [-0.3, -0.25) is 4.68 Å². The zero-order valence-electron chi connectivity index (χ0n) is 14.9. The highest BCUT2D eigenvalue weighted by Crippen LogP contribution is 2.35. The molecular formula is C19H17N3O5S. The Bertz CT molecular complexity index is 1290. The van der Waals surface area contributed by atoms with Crippen molar-refractivity contribution in [3.8, 4) is 5.75 Å². The van der Waals surface area contributed by atoms with Crippen LogP contribution < -0.4 is 9.88 Å². The van der Waals surface area contributed by atoms with E-state index in [0.29, 0.717) is 5.75 Å². The highest BCUT2D eigenvalue weighted by molar-refractivity contribution is 7.93. The number of sulfonamides is 1. The summed E-state index contributed by atoms with van der Waals surface area (Å²) >= 11 is 0. The normalized spacial score (nSPS) is 17.4. The van der Waals surface area contributed by atoms with E-state index in [2.05, 4.69) is 5.10 Å². The Morgan fingerprint density at radius 3 is 2.71 bits per heavy atom. The lowest BCUT2D eigenvalue weighted by Crippen LogP contribution is -2.24. The molecule has 1 aliphatic rings. The SMILES string of the molecule is COc1ccc2c(ccc3cnn(C4CC=C(S(N)(=O)=O)C=C4C(=O)O)c32)c1. The third kappa shape index (κ3) is 2.94. The number of rotatable bonds is 4. The Balaban J connectivity index is 1.92. The van der Waals surface area contributed by atoms with Gasteiger partial charge in [-0.2, -0.15) is 5.10 Å². The van der Waals surface area contributed by atoms with Gasteiger partial charge in [-0.15, -0.1) is 0 Å². The Kier molecular flexibility index (Phi) is 4.20. The number of aromatic nitrogens is 2. The smallest absolute Gasteiger partial charge is 0.333 e. The lowest BCUT2D eigenvalue weighted by Gasteiger charge is -2.22. The number of aliphatic carboxylic acids is 1. The first-order valence-electron chi connectivity index (χ1n) is 8.41. The number of hydrogen-bond acceptors (Lipinski definition) is 5. The van der Waals surface area contributed by atoms with Gasteiger partial charge in [-0.25, -0.2) is 18.4 Å². The van der Waals surface area contributed by atoms with Crippen LogP contribution in [0.15, 0.2) is 59.2 Å². The summed E-state index contributed by atoms with van der Waals surface area (Å²) in [5, 5.41) is 21.9. The second-order valence-electron chi connectivity index (χ2n) is 6.49. The quantitative estimate of drug-likeness (QED) is 0.694. The molecule has 1 aromatic heterocycles. The number of ether oxygens (including phenoxy) is 1. The van der Waals surface area contributed by atoms with E-state index in [1.54, 1.807) is 18.0 Å². The topological polar surface area (TPSA) is 125 Å². The van der Waals surface area contributed by atoms with Gasteiger partial charge in [-0.1, -0.05) is 18.2 Å². The van der Waals surface area contributed by atoms with Crippen molar-refractivity contribution in [1.29, 1.82) is 0 Å². The van der Waals surface area contributed by atoms with Crippen molar-refractivity contribution < 1.29 is 23.1 Å². The maximum atomic E-state index is 11.8. The van der Waals surface area contributed by atoms with Crippen LogP contribution in [0.2, 0.25) is 0 Å². The van der Waals surface area contributed by atoms with E-state index in [1.165, 1.54) is 6.08 Å². The number of carboxylic acids is 1. The molecule has 1 unspecified atom stereocenters. The van der Waals surface area contributed by atoms with E-state index in [1.807, 2.05) is 30.3 Å². The lowest BCUT2D eigenvalue weighted by atomic mass is 9.98. The minimum atomic E-state index is -3.99. The number of nitrogens with zero attached hydrogens (tertiary/aromatic N) is 2. The molecular weight excluding hydrogens is 382 g/mol. The molecule has 0 amide bonds. The van der Waals surface area contributed by atoms with E-state index in [0.717, 1.165) is 27.8 Å². The molecule has 4 rings (SSSR count). The molecule has 3 N–H and O–H groups in total. The standard InChI is InChI=1S/C19H17N3O5S/c1-27-13-4-6-15-11(8-13)2-3-12-10-21-22(18(12)15)17-7-5-14(28(20,25)26)9-16(17)19(23)24/h2-6,8-10,17H,7H2,1H3,(H,23,24)(H2,20,25,26). The molecule has 3 aromatic rings. The molecule has 0 saturated heterocycles. The first-order valence-corrected chi connectivity index (χ1v) is 9.96. The Morgan fingerprint density at radius 2 is 2.04 bits per heavy atom. The Morgan fingerprint density at radius 1 is 1.29 bits per heavy atom. The minimum Gasteiger partial charge on any atom is -0.497 e. The van der Waals surface area contributed by atoms with Crippen LogP contribution in [-0.4, -0.2) is 36.4 Å². The summed E-state index contributed by atoms with van der Waals surface area (Å²) in [5.74, 6) is -0.507. The van der Waals surface area contributed by atoms with Gasteiger partial charge in [0.15, 0.2) is 0 Å². The van der Waals surface area contributed by atoms with Crippen LogP contribution >= 0.6 is 0 Å². The summed E-state index contributed by atoms with van der Waals surface area (Å²) in [5.41, 5.74) is 0.687. The highest BCUT2D eigenvalue weighted by Gasteiger charge is 2.29. The molecule has 0 saturated carbocycles. The second kappa shape index (κ2) is 6.47. The van der Waals surface area contributed by atoms with Crippen molar-refractivity contribution in [1.82, 2.24) is 9.78 Å². The van der Waals surface area contributed by atoms with E-state index >= 15 is 0 Å². The van der Waals surface area contributed by atoms with Crippen molar-refractivity contribution in [3.63, 3.8) is 0 Å². The van der Waals surface area contributed by atoms with E-state index in [9.17, 15) is 18.3 Å². The lowest BCUT2D eigenvalue weighted by molar-refractivity contribution is -0.133. The summed E-state index contributed by atoms with van der Waals surface area (Å²) < 4.78 is 30.2. The average Bonchev–Trinajstić information content (AvgIpc) is 3.10. The number of primary sulfonamides is 1. The fraction of sp³-hybridized carbons (Fsp3) is 0.158. The van der Waals surface area contributed by atoms with Crippen LogP contribution in [0, 0.1) is 0 Å². The zero-order chi connectivity index (χ0) is 20.1. The van der Waals surface area contributed by atoms with Gasteiger partial charge in [0.25, 0.3) is 0 Å². The third-order valence-corrected chi connectivity index (χ3v) is 5.79. The van der Waals surface area contributed by atoms with E-state index in [4.69, 9.17) is 9.88 Å². The second-order valence-corrected chi connectivity index (χ2v) is 8.05. The molecule has 8 nitrogen and oxygen atoms in total. The summed E-state index contributed by atoms with van der Waals surface area (Å²) in [6, 6.07) is 8.80. The van der Waals surface area contributed by atoms with Crippen molar-refractivity contribution in [2.75, 3.05) is 7.11 Å². The number of benzene rings is 2. The summed E-state index contributed by atoms with van der Waals surface area (Å²) in [4.78, 5) is 11.6. The number of carboxylic acid groups (broad SMARTS) is 1. The van der Waals surface area contributed by atoms with Crippen molar-refractivity contribution in [2.45, 2.75) is 12.5 Å². The van der Waals surface area contributed by atoms with Crippen LogP contribution in [-0.2, 0) is 14.8 Å². The fourth-order valence-corrected chi connectivity index (χ4v) is 4.13. The van der Waals surface area contributed by atoms with Crippen LogP contribution in [0.4, 0.5) is 0 Å². The number of carbonyl (C=O) groups is 1. The van der Waals surface area contributed by atoms with E-state index < -0.39 is 22.0 Å². The largest absolute Gasteiger partial charge is 0.497 e. The summed E-state index contributed by atoms with van der Waals surface area (Å²) in [7, 11) is -2.40. The van der Waals surface area contributed by atoms with Gasteiger partial charge in [-0.05, 0) is 36.1 Å². The molecule has 1 heterocycles. The molecule has 2 aromatic carbocycles. The van der Waals surface area contributed by atoms with Crippen LogP contribution in [0.5, 0.6) is 5.75 Å². The third-order valence-electron chi connectivity index (χ3n) is 4.85. The maximum absolute atomic E-state index is 11.8. The van der Waals surface area contributed by atoms with Gasteiger partial charge in [0.1, 0.15) is 5.75 Å². The Labute approximate surface area is 160 Å². The van der Waals surface area contributed by atoms with Crippen molar-refractivity contribution in [3.05, 3.63) is 59.2 Å². The molecule has 28 heavy (non-hydrogen) atoms. The zero-order valence-corrected chi connectivity index (χ0v) is 15.7. The monoisotopic (exact) mass is 399 g/mol. The predicted octanol–water partition coefficient (Wildman–Crippen LogP) is 2.33. The Hall–Kier alpha value is -3.17. The summed E-state index contributed by atoms with van der Waals surface area (Å²) in [6.07, 6.45) is 4.34. The van der Waals surface area contributed by atoms with Gasteiger partial charge in [0.2, 0.25) is 10.0 Å². The van der Waals surface area contributed by atoms with Gasteiger partial charge in [0, 0.05) is 10.8 Å².